The number of nitrogens with one attached hydrogen (secondary N) is 1. The van der Waals surface area contributed by atoms with Gasteiger partial charge in [-0.15, -0.1) is 0 Å². The highest BCUT2D eigenvalue weighted by molar-refractivity contribution is 7.92. The second-order valence-corrected chi connectivity index (χ2v) is 12.0. The van der Waals surface area contributed by atoms with E-state index in [9.17, 15) is 21.6 Å². The summed E-state index contributed by atoms with van der Waals surface area (Å²) in [4.78, 5) is 13.5. The van der Waals surface area contributed by atoms with Crippen LogP contribution in [-0.2, 0) is 31.3 Å². The van der Waals surface area contributed by atoms with E-state index in [2.05, 4.69) is 4.72 Å². The predicted molar refractivity (Wildman–Crippen MR) is 123 cm³/mol. The van der Waals surface area contributed by atoms with Gasteiger partial charge in [-0.1, -0.05) is 6.42 Å². The Hall–Kier alpha value is -2.43. The van der Waals surface area contributed by atoms with Gasteiger partial charge in [0.2, 0.25) is 15.9 Å². The molecule has 0 bridgehead atoms. The number of likely N-dealkylation sites (N-methyl/N-ethyl adjacent to an activating group) is 1. The molecule has 2 aromatic rings. The molecule has 1 N–H and O–H groups in total. The number of carbonyl (C=O) groups excluding carboxylic acids is 1. The first-order valence-corrected chi connectivity index (χ1v) is 13.5. The van der Waals surface area contributed by atoms with E-state index >= 15 is 0 Å². The topological polar surface area (TPSA) is 104 Å². The van der Waals surface area contributed by atoms with E-state index < -0.39 is 20.0 Å². The number of carbonyl (C=O) groups is 1. The molecule has 0 spiro atoms. The van der Waals surface area contributed by atoms with E-state index in [1.807, 2.05) is 13.8 Å². The number of amides is 1. The SMILES string of the molecule is C[C@H]1CCC[C@H](C)N1S(=O)(=O)c1ccc(NS(=O)(=O)c2ccc3c(c2)CC(=O)N3C)cc1. The van der Waals surface area contributed by atoms with E-state index in [0.717, 1.165) is 19.3 Å². The fourth-order valence-corrected chi connectivity index (χ4v) is 7.51. The number of benzene rings is 2. The van der Waals surface area contributed by atoms with E-state index in [1.54, 1.807) is 17.4 Å². The maximum absolute atomic E-state index is 13.1. The first-order chi connectivity index (χ1) is 15.0. The van der Waals surface area contributed by atoms with Crippen molar-refractivity contribution in [2.75, 3.05) is 16.7 Å². The van der Waals surface area contributed by atoms with Gasteiger partial charge in [0.1, 0.15) is 0 Å². The molecule has 0 aliphatic carbocycles. The molecular formula is C22H27N3O5S2. The quantitative estimate of drug-likeness (QED) is 0.713. The molecule has 0 unspecified atom stereocenters. The fraction of sp³-hybridized carbons (Fsp3) is 0.409. The number of piperidine rings is 1. The molecule has 0 saturated carbocycles. The summed E-state index contributed by atoms with van der Waals surface area (Å²) in [5.41, 5.74) is 1.62. The van der Waals surface area contributed by atoms with Crippen molar-refractivity contribution in [3.05, 3.63) is 48.0 Å². The molecule has 0 aromatic heterocycles. The minimum absolute atomic E-state index is 0.0482. The average molecular weight is 478 g/mol. The number of anilines is 2. The van der Waals surface area contributed by atoms with Gasteiger partial charge in [-0.2, -0.15) is 4.31 Å². The van der Waals surface area contributed by atoms with Gasteiger partial charge in [0, 0.05) is 30.5 Å². The number of hydrogen-bond donors (Lipinski definition) is 1. The van der Waals surface area contributed by atoms with Crippen LogP contribution in [0.5, 0.6) is 0 Å². The summed E-state index contributed by atoms with van der Waals surface area (Å²) in [7, 11) is -5.91. The van der Waals surface area contributed by atoms with Crippen LogP contribution >= 0.6 is 0 Å². The van der Waals surface area contributed by atoms with Crippen molar-refractivity contribution in [3.63, 3.8) is 0 Å². The number of fused-ring (bicyclic) bond motifs is 1. The van der Waals surface area contributed by atoms with Crippen molar-refractivity contribution in [2.24, 2.45) is 0 Å². The molecule has 8 nitrogen and oxygen atoms in total. The molecule has 172 valence electrons. The molecule has 10 heteroatoms. The zero-order chi connectivity index (χ0) is 23.3. The van der Waals surface area contributed by atoms with Crippen molar-refractivity contribution in [1.29, 1.82) is 0 Å². The van der Waals surface area contributed by atoms with Crippen LogP contribution in [0.3, 0.4) is 0 Å². The second-order valence-electron chi connectivity index (χ2n) is 8.51. The molecule has 2 aliphatic heterocycles. The van der Waals surface area contributed by atoms with Crippen molar-refractivity contribution >= 4 is 37.3 Å². The van der Waals surface area contributed by atoms with Gasteiger partial charge in [-0.25, -0.2) is 16.8 Å². The maximum Gasteiger partial charge on any atom is 0.261 e. The largest absolute Gasteiger partial charge is 0.315 e. The Balaban J connectivity index is 1.55. The van der Waals surface area contributed by atoms with Crippen LogP contribution in [0.1, 0.15) is 38.7 Å². The van der Waals surface area contributed by atoms with Gasteiger partial charge in [0.05, 0.1) is 16.2 Å². The maximum atomic E-state index is 13.1. The first-order valence-electron chi connectivity index (χ1n) is 10.6. The van der Waals surface area contributed by atoms with Crippen LogP contribution in [-0.4, -0.2) is 46.2 Å². The summed E-state index contributed by atoms with van der Waals surface area (Å²) in [5.74, 6) is -0.0864. The minimum atomic E-state index is -3.90. The third-order valence-corrected chi connectivity index (χ3v) is 9.75. The number of sulfonamides is 2. The Morgan fingerprint density at radius 1 is 0.906 bits per heavy atom. The van der Waals surface area contributed by atoms with Crippen molar-refractivity contribution in [3.8, 4) is 0 Å². The highest BCUT2D eigenvalue weighted by Crippen LogP contribution is 2.32. The van der Waals surface area contributed by atoms with Crippen LogP contribution in [0.25, 0.3) is 0 Å². The van der Waals surface area contributed by atoms with E-state index in [0.29, 0.717) is 11.3 Å². The van der Waals surface area contributed by atoms with Gasteiger partial charge < -0.3 is 4.90 Å². The van der Waals surface area contributed by atoms with Gasteiger partial charge in [-0.3, -0.25) is 9.52 Å². The first kappa shape index (κ1) is 22.8. The lowest BCUT2D eigenvalue weighted by Gasteiger charge is -2.37. The molecule has 2 aliphatic rings. The Morgan fingerprint density at radius 2 is 1.50 bits per heavy atom. The monoisotopic (exact) mass is 477 g/mol. The zero-order valence-electron chi connectivity index (χ0n) is 18.3. The van der Waals surface area contributed by atoms with Crippen molar-refractivity contribution in [2.45, 2.75) is 61.4 Å². The molecule has 1 fully saturated rings. The van der Waals surface area contributed by atoms with Gasteiger partial charge in [-0.05, 0) is 74.7 Å². The van der Waals surface area contributed by atoms with Crippen molar-refractivity contribution in [1.82, 2.24) is 4.31 Å². The van der Waals surface area contributed by atoms with E-state index in [-0.39, 0.29) is 39.9 Å². The average Bonchev–Trinajstić information content (AvgIpc) is 3.01. The standard InChI is InChI=1S/C22H27N3O5S2/c1-15-5-4-6-16(2)25(15)32(29,30)19-9-7-18(8-10-19)23-31(27,28)20-11-12-21-17(13-20)14-22(26)24(21)3/h7-13,15-16,23H,4-6,14H2,1-3H3/t15-,16-/m0/s1. The summed E-state index contributed by atoms with van der Waals surface area (Å²) in [6.45, 7) is 3.83. The Morgan fingerprint density at radius 3 is 2.12 bits per heavy atom. The summed E-state index contributed by atoms with van der Waals surface area (Å²) >= 11 is 0. The number of rotatable bonds is 5. The Bertz CT molecular complexity index is 1250. The summed E-state index contributed by atoms with van der Waals surface area (Å²) < 4.78 is 56.0. The zero-order valence-corrected chi connectivity index (χ0v) is 19.9. The van der Waals surface area contributed by atoms with Crippen LogP contribution in [0.4, 0.5) is 11.4 Å². The minimum Gasteiger partial charge on any atom is -0.315 e. The van der Waals surface area contributed by atoms with Crippen LogP contribution < -0.4 is 9.62 Å². The van der Waals surface area contributed by atoms with Crippen LogP contribution in [0, 0.1) is 0 Å². The van der Waals surface area contributed by atoms with E-state index in [4.69, 9.17) is 0 Å². The summed E-state index contributed by atoms with van der Waals surface area (Å²) in [6, 6.07) is 10.2. The molecule has 0 radical (unpaired) electrons. The van der Waals surface area contributed by atoms with Gasteiger partial charge in [0.25, 0.3) is 10.0 Å². The number of nitrogens with zero attached hydrogens (tertiary/aromatic N) is 2. The highest BCUT2D eigenvalue weighted by atomic mass is 32.2. The molecule has 2 atom stereocenters. The molecule has 32 heavy (non-hydrogen) atoms. The summed E-state index contributed by atoms with van der Waals surface area (Å²) in [6.07, 6.45) is 2.81. The van der Waals surface area contributed by atoms with Crippen LogP contribution in [0.15, 0.2) is 52.3 Å². The predicted octanol–water partition coefficient (Wildman–Crippen LogP) is 2.96. The smallest absolute Gasteiger partial charge is 0.261 e. The Kier molecular flexibility index (Phi) is 5.81. The molecule has 4 rings (SSSR count). The van der Waals surface area contributed by atoms with Gasteiger partial charge in [0.15, 0.2) is 0 Å². The number of hydrogen-bond acceptors (Lipinski definition) is 5. The lowest BCUT2D eigenvalue weighted by Crippen LogP contribution is -2.47. The molecule has 1 saturated heterocycles. The summed E-state index contributed by atoms with van der Waals surface area (Å²) in [5, 5.41) is 0. The molecular weight excluding hydrogens is 450 g/mol. The molecule has 1 amide bonds. The third kappa shape index (κ3) is 4.02. The van der Waals surface area contributed by atoms with Crippen LogP contribution in [0.2, 0.25) is 0 Å². The fourth-order valence-electron chi connectivity index (χ4n) is 4.52. The lowest BCUT2D eigenvalue weighted by atomic mass is 10.0. The third-order valence-electron chi connectivity index (χ3n) is 6.23. The normalized spacial score (nSPS) is 22.1. The lowest BCUT2D eigenvalue weighted by molar-refractivity contribution is -0.117. The molecule has 2 heterocycles. The van der Waals surface area contributed by atoms with Gasteiger partial charge >= 0.3 is 0 Å². The molecule has 2 aromatic carbocycles. The van der Waals surface area contributed by atoms with E-state index in [1.165, 1.54) is 41.3 Å². The second kappa shape index (κ2) is 8.17. The highest BCUT2D eigenvalue weighted by Gasteiger charge is 2.35. The Labute approximate surface area is 189 Å². The van der Waals surface area contributed by atoms with Crippen molar-refractivity contribution < 1.29 is 21.6 Å².